The monoisotopic (exact) mass is 339 g/mol. The van der Waals surface area contributed by atoms with Crippen LogP contribution in [0.15, 0.2) is 35.7 Å². The van der Waals surface area contributed by atoms with Gasteiger partial charge in [-0.2, -0.15) is 0 Å². The van der Waals surface area contributed by atoms with Gasteiger partial charge in [0, 0.05) is 28.3 Å². The highest BCUT2D eigenvalue weighted by Crippen LogP contribution is 2.32. The van der Waals surface area contributed by atoms with E-state index >= 15 is 0 Å². The zero-order valence-corrected chi connectivity index (χ0v) is 14.7. The largest absolute Gasteiger partial charge is 0.358 e. The normalized spacial score (nSPS) is 17.2. The summed E-state index contributed by atoms with van der Waals surface area (Å²) in [6.07, 6.45) is 3.34. The molecule has 0 radical (unpaired) electrons. The Morgan fingerprint density at radius 1 is 1.33 bits per heavy atom. The third-order valence-electron chi connectivity index (χ3n) is 4.89. The van der Waals surface area contributed by atoms with E-state index in [4.69, 9.17) is 0 Å². The van der Waals surface area contributed by atoms with Crippen molar-refractivity contribution in [3.05, 3.63) is 51.8 Å². The highest BCUT2D eigenvalue weighted by molar-refractivity contribution is 7.12. The van der Waals surface area contributed by atoms with Gasteiger partial charge in [0.05, 0.1) is 4.88 Å². The van der Waals surface area contributed by atoms with Crippen LogP contribution in [-0.4, -0.2) is 35.9 Å². The number of amides is 1. The molecule has 2 aromatic heterocycles. The number of rotatable bonds is 3. The van der Waals surface area contributed by atoms with E-state index in [0.29, 0.717) is 6.04 Å². The average molecular weight is 339 g/mol. The molecular weight excluding hydrogens is 318 g/mol. The second-order valence-electron chi connectivity index (χ2n) is 6.63. The van der Waals surface area contributed by atoms with Crippen LogP contribution in [0.2, 0.25) is 0 Å². The van der Waals surface area contributed by atoms with Gasteiger partial charge in [0.1, 0.15) is 0 Å². The highest BCUT2D eigenvalue weighted by Gasteiger charge is 2.23. The zero-order valence-electron chi connectivity index (χ0n) is 13.9. The lowest BCUT2D eigenvalue weighted by molar-refractivity contribution is 0.103. The van der Waals surface area contributed by atoms with Crippen molar-refractivity contribution >= 4 is 33.8 Å². The van der Waals surface area contributed by atoms with Gasteiger partial charge in [0.15, 0.2) is 0 Å². The molecule has 1 aliphatic rings. The molecule has 0 saturated heterocycles. The second-order valence-corrected chi connectivity index (χ2v) is 7.58. The summed E-state index contributed by atoms with van der Waals surface area (Å²) in [5.41, 5.74) is 4.77. The van der Waals surface area contributed by atoms with E-state index in [0.717, 1.165) is 28.9 Å². The number of nitrogens with one attached hydrogen (secondary N) is 2. The molecule has 0 saturated carbocycles. The molecule has 24 heavy (non-hydrogen) atoms. The van der Waals surface area contributed by atoms with Crippen LogP contribution in [0.5, 0.6) is 0 Å². The van der Waals surface area contributed by atoms with Gasteiger partial charge in [-0.3, -0.25) is 4.79 Å². The maximum atomic E-state index is 12.3. The number of nitrogens with zero attached hydrogens (tertiary/aromatic N) is 1. The first-order valence-corrected chi connectivity index (χ1v) is 9.14. The molecule has 0 bridgehead atoms. The number of thiophene rings is 1. The Hall–Kier alpha value is -2.11. The molecule has 0 aliphatic heterocycles. The first-order chi connectivity index (χ1) is 11.6. The fourth-order valence-electron chi connectivity index (χ4n) is 3.52. The lowest BCUT2D eigenvalue weighted by Crippen LogP contribution is -2.33. The molecule has 1 aromatic carbocycles. The Morgan fingerprint density at radius 2 is 2.21 bits per heavy atom. The summed E-state index contributed by atoms with van der Waals surface area (Å²) >= 11 is 1.46. The second kappa shape index (κ2) is 6.07. The Balaban J connectivity index is 1.65. The number of aromatic nitrogens is 1. The van der Waals surface area contributed by atoms with Gasteiger partial charge in [-0.25, -0.2) is 0 Å². The number of hydrogen-bond acceptors (Lipinski definition) is 3. The fourth-order valence-corrected chi connectivity index (χ4v) is 4.14. The maximum absolute atomic E-state index is 12.3. The van der Waals surface area contributed by atoms with Crippen molar-refractivity contribution in [3.8, 4) is 0 Å². The van der Waals surface area contributed by atoms with E-state index in [9.17, 15) is 4.79 Å². The number of benzene rings is 1. The van der Waals surface area contributed by atoms with Gasteiger partial charge >= 0.3 is 0 Å². The summed E-state index contributed by atoms with van der Waals surface area (Å²) in [4.78, 5) is 18.9. The van der Waals surface area contributed by atoms with Crippen LogP contribution in [-0.2, 0) is 12.8 Å². The third-order valence-corrected chi connectivity index (χ3v) is 5.76. The molecule has 4 nitrogen and oxygen atoms in total. The Bertz CT molecular complexity index is 880. The molecule has 3 aromatic rings. The highest BCUT2D eigenvalue weighted by atomic mass is 32.1. The van der Waals surface area contributed by atoms with Gasteiger partial charge < -0.3 is 15.2 Å². The van der Waals surface area contributed by atoms with Crippen molar-refractivity contribution in [3.63, 3.8) is 0 Å². The van der Waals surface area contributed by atoms with Crippen LogP contribution in [0.25, 0.3) is 10.9 Å². The Morgan fingerprint density at radius 3 is 2.96 bits per heavy atom. The smallest absolute Gasteiger partial charge is 0.265 e. The number of anilines is 1. The molecule has 124 valence electrons. The van der Waals surface area contributed by atoms with E-state index in [1.165, 1.54) is 34.4 Å². The number of aryl methyl sites for hydroxylation is 1. The summed E-state index contributed by atoms with van der Waals surface area (Å²) in [5.74, 6) is -0.0417. The molecule has 1 amide bonds. The molecule has 0 fully saturated rings. The van der Waals surface area contributed by atoms with Crippen molar-refractivity contribution in [2.45, 2.75) is 25.3 Å². The molecule has 0 spiro atoms. The molecule has 4 rings (SSSR count). The minimum absolute atomic E-state index is 0.0417. The topological polar surface area (TPSA) is 48.1 Å². The molecular formula is C19H21N3OS. The average Bonchev–Trinajstić information content (AvgIpc) is 3.21. The number of hydrogen-bond donors (Lipinski definition) is 2. The van der Waals surface area contributed by atoms with Crippen molar-refractivity contribution in [2.24, 2.45) is 0 Å². The van der Waals surface area contributed by atoms with Crippen LogP contribution >= 0.6 is 11.3 Å². The lowest BCUT2D eigenvalue weighted by Gasteiger charge is -2.28. The summed E-state index contributed by atoms with van der Waals surface area (Å²) in [6.45, 7) is 0. The third kappa shape index (κ3) is 2.74. The molecule has 1 aliphatic carbocycles. The number of fused-ring (bicyclic) bond motifs is 3. The summed E-state index contributed by atoms with van der Waals surface area (Å²) in [7, 11) is 4.30. The number of aromatic amines is 1. The van der Waals surface area contributed by atoms with Crippen molar-refractivity contribution in [1.82, 2.24) is 9.88 Å². The molecule has 1 unspecified atom stereocenters. The summed E-state index contributed by atoms with van der Waals surface area (Å²) in [6, 6.07) is 10.5. The van der Waals surface area contributed by atoms with Crippen molar-refractivity contribution in [1.29, 1.82) is 0 Å². The summed E-state index contributed by atoms with van der Waals surface area (Å²) in [5, 5.41) is 6.17. The number of carbonyl (C=O) groups excluding carboxylic acids is 1. The van der Waals surface area contributed by atoms with Crippen LogP contribution < -0.4 is 5.32 Å². The van der Waals surface area contributed by atoms with E-state index in [-0.39, 0.29) is 5.91 Å². The molecule has 2 heterocycles. The van der Waals surface area contributed by atoms with E-state index < -0.39 is 0 Å². The number of carbonyl (C=O) groups is 1. The van der Waals surface area contributed by atoms with Crippen LogP contribution in [0.1, 0.15) is 27.3 Å². The van der Waals surface area contributed by atoms with E-state index in [2.05, 4.69) is 41.4 Å². The first kappa shape index (κ1) is 15.4. The zero-order chi connectivity index (χ0) is 16.7. The SMILES string of the molecule is CN(C)C1CCc2[nH]c3ccc(NC(=O)c4cccs4)cc3c2C1. The van der Waals surface area contributed by atoms with Gasteiger partial charge in [-0.1, -0.05) is 6.07 Å². The predicted molar refractivity (Wildman–Crippen MR) is 100 cm³/mol. The Kier molecular flexibility index (Phi) is 3.90. The lowest BCUT2D eigenvalue weighted by atomic mass is 9.91. The fraction of sp³-hybridized carbons (Fsp3) is 0.316. The van der Waals surface area contributed by atoms with Gasteiger partial charge in [-0.05, 0) is 68.6 Å². The van der Waals surface area contributed by atoms with Crippen LogP contribution in [0.4, 0.5) is 5.69 Å². The standard InChI is InChI=1S/C19H21N3OS/c1-22(2)13-6-8-17-15(11-13)14-10-12(5-7-16(14)21-17)20-19(23)18-4-3-9-24-18/h3-5,7,9-10,13,21H,6,8,11H2,1-2H3,(H,20,23). The molecule has 2 N–H and O–H groups in total. The Labute approximate surface area is 145 Å². The first-order valence-electron chi connectivity index (χ1n) is 8.26. The van der Waals surface area contributed by atoms with Gasteiger partial charge in [0.2, 0.25) is 0 Å². The van der Waals surface area contributed by atoms with Gasteiger partial charge in [0.25, 0.3) is 5.91 Å². The minimum atomic E-state index is -0.0417. The van der Waals surface area contributed by atoms with E-state index in [1.54, 1.807) is 0 Å². The molecule has 1 atom stereocenters. The predicted octanol–water partition coefficient (Wildman–Crippen LogP) is 3.90. The van der Waals surface area contributed by atoms with Gasteiger partial charge in [-0.15, -0.1) is 11.3 Å². The van der Waals surface area contributed by atoms with Crippen molar-refractivity contribution < 1.29 is 4.79 Å². The van der Waals surface area contributed by atoms with Crippen LogP contribution in [0.3, 0.4) is 0 Å². The number of H-pyrrole nitrogens is 1. The minimum Gasteiger partial charge on any atom is -0.358 e. The van der Waals surface area contributed by atoms with E-state index in [1.807, 2.05) is 23.6 Å². The number of likely N-dealkylation sites (N-methyl/N-ethyl adjacent to an activating group) is 1. The van der Waals surface area contributed by atoms with Crippen LogP contribution in [0, 0.1) is 0 Å². The summed E-state index contributed by atoms with van der Waals surface area (Å²) < 4.78 is 0. The quantitative estimate of drug-likeness (QED) is 0.760. The maximum Gasteiger partial charge on any atom is 0.265 e. The molecule has 5 heteroatoms. The van der Waals surface area contributed by atoms with Crippen molar-refractivity contribution in [2.75, 3.05) is 19.4 Å².